The van der Waals surface area contributed by atoms with Crippen LogP contribution in [0.25, 0.3) is 0 Å². The van der Waals surface area contributed by atoms with Gasteiger partial charge >= 0.3 is 0 Å². The minimum Gasteiger partial charge on any atom is -0.312 e. The SMILES string of the molecule is CCN1CCC(CNC(C)(C)C)CC1. The van der Waals surface area contributed by atoms with Gasteiger partial charge < -0.3 is 10.2 Å². The van der Waals surface area contributed by atoms with Gasteiger partial charge in [0.25, 0.3) is 0 Å². The zero-order chi connectivity index (χ0) is 10.6. The Kier molecular flexibility index (Phi) is 4.39. The summed E-state index contributed by atoms with van der Waals surface area (Å²) in [5, 5.41) is 3.61. The molecule has 1 saturated heterocycles. The minimum absolute atomic E-state index is 0.280. The third-order valence-electron chi connectivity index (χ3n) is 3.08. The number of nitrogens with one attached hydrogen (secondary N) is 1. The molecule has 0 atom stereocenters. The lowest BCUT2D eigenvalue weighted by molar-refractivity contribution is 0.184. The average molecular weight is 198 g/mol. The Morgan fingerprint density at radius 3 is 2.21 bits per heavy atom. The topological polar surface area (TPSA) is 15.3 Å². The Labute approximate surface area is 89.1 Å². The molecule has 0 aromatic carbocycles. The van der Waals surface area contributed by atoms with Gasteiger partial charge in [0, 0.05) is 5.54 Å². The van der Waals surface area contributed by atoms with Crippen molar-refractivity contribution < 1.29 is 0 Å². The molecule has 1 aliphatic rings. The molecule has 1 fully saturated rings. The van der Waals surface area contributed by atoms with E-state index in [1.54, 1.807) is 0 Å². The van der Waals surface area contributed by atoms with Gasteiger partial charge in [0.1, 0.15) is 0 Å². The van der Waals surface area contributed by atoms with E-state index in [1.807, 2.05) is 0 Å². The summed E-state index contributed by atoms with van der Waals surface area (Å²) in [5.41, 5.74) is 0.280. The van der Waals surface area contributed by atoms with Crippen LogP contribution >= 0.6 is 0 Å². The highest BCUT2D eigenvalue weighted by molar-refractivity contribution is 4.77. The monoisotopic (exact) mass is 198 g/mol. The first-order valence-corrected chi connectivity index (χ1v) is 5.98. The summed E-state index contributed by atoms with van der Waals surface area (Å²) >= 11 is 0. The fraction of sp³-hybridized carbons (Fsp3) is 1.00. The predicted octanol–water partition coefficient (Wildman–Crippen LogP) is 2.11. The summed E-state index contributed by atoms with van der Waals surface area (Å²) in [5.74, 6) is 0.900. The van der Waals surface area contributed by atoms with Crippen molar-refractivity contribution in [1.82, 2.24) is 10.2 Å². The molecular weight excluding hydrogens is 172 g/mol. The number of likely N-dealkylation sites (tertiary alicyclic amines) is 1. The zero-order valence-corrected chi connectivity index (χ0v) is 10.3. The second-order valence-corrected chi connectivity index (χ2v) is 5.51. The van der Waals surface area contributed by atoms with Crippen LogP contribution < -0.4 is 5.32 Å². The number of nitrogens with zero attached hydrogens (tertiary/aromatic N) is 1. The molecule has 0 unspecified atom stereocenters. The van der Waals surface area contributed by atoms with E-state index in [9.17, 15) is 0 Å². The van der Waals surface area contributed by atoms with E-state index < -0.39 is 0 Å². The van der Waals surface area contributed by atoms with Crippen LogP contribution in [-0.4, -0.2) is 36.6 Å². The smallest absolute Gasteiger partial charge is 0.00966 e. The number of rotatable bonds is 3. The van der Waals surface area contributed by atoms with Crippen LogP contribution in [0.4, 0.5) is 0 Å². The molecule has 1 N–H and O–H groups in total. The van der Waals surface area contributed by atoms with Gasteiger partial charge in [-0.15, -0.1) is 0 Å². The molecule has 1 rings (SSSR count). The van der Waals surface area contributed by atoms with Crippen LogP contribution in [0.2, 0.25) is 0 Å². The highest BCUT2D eigenvalue weighted by atomic mass is 15.1. The van der Waals surface area contributed by atoms with Crippen molar-refractivity contribution in [2.24, 2.45) is 5.92 Å². The fourth-order valence-electron chi connectivity index (χ4n) is 1.96. The van der Waals surface area contributed by atoms with Crippen molar-refractivity contribution in [3.05, 3.63) is 0 Å². The molecule has 2 heteroatoms. The largest absolute Gasteiger partial charge is 0.312 e. The van der Waals surface area contributed by atoms with Gasteiger partial charge in [-0.25, -0.2) is 0 Å². The molecule has 0 aromatic rings. The molecule has 0 spiro atoms. The van der Waals surface area contributed by atoms with Crippen molar-refractivity contribution in [3.8, 4) is 0 Å². The molecule has 0 bridgehead atoms. The van der Waals surface area contributed by atoms with Gasteiger partial charge in [-0.3, -0.25) is 0 Å². The van der Waals surface area contributed by atoms with Crippen molar-refractivity contribution in [1.29, 1.82) is 0 Å². The summed E-state index contributed by atoms with van der Waals surface area (Å²) in [6, 6.07) is 0. The lowest BCUT2D eigenvalue weighted by atomic mass is 9.95. The molecule has 0 radical (unpaired) electrons. The maximum absolute atomic E-state index is 3.61. The third-order valence-corrected chi connectivity index (χ3v) is 3.08. The Bertz CT molecular complexity index is 152. The lowest BCUT2D eigenvalue weighted by Gasteiger charge is -2.33. The van der Waals surface area contributed by atoms with Gasteiger partial charge in [-0.05, 0) is 65.7 Å². The Morgan fingerprint density at radius 2 is 1.79 bits per heavy atom. The molecule has 1 aliphatic heterocycles. The summed E-state index contributed by atoms with van der Waals surface area (Å²) in [6.07, 6.45) is 2.74. The third kappa shape index (κ3) is 4.43. The summed E-state index contributed by atoms with van der Waals surface area (Å²) < 4.78 is 0. The number of piperidine rings is 1. The van der Waals surface area contributed by atoms with Crippen LogP contribution in [0, 0.1) is 5.92 Å². The van der Waals surface area contributed by atoms with Crippen LogP contribution in [-0.2, 0) is 0 Å². The maximum Gasteiger partial charge on any atom is 0.00966 e. The van der Waals surface area contributed by atoms with E-state index in [-0.39, 0.29) is 5.54 Å². The van der Waals surface area contributed by atoms with Gasteiger partial charge in [0.2, 0.25) is 0 Å². The molecule has 14 heavy (non-hydrogen) atoms. The highest BCUT2D eigenvalue weighted by Gasteiger charge is 2.19. The zero-order valence-electron chi connectivity index (χ0n) is 10.3. The van der Waals surface area contributed by atoms with E-state index in [4.69, 9.17) is 0 Å². The Hall–Kier alpha value is -0.0800. The summed E-state index contributed by atoms with van der Waals surface area (Å²) in [6.45, 7) is 14.0. The first-order valence-electron chi connectivity index (χ1n) is 5.98. The van der Waals surface area contributed by atoms with Crippen molar-refractivity contribution in [2.75, 3.05) is 26.2 Å². The Balaban J connectivity index is 2.16. The van der Waals surface area contributed by atoms with E-state index in [0.717, 1.165) is 5.92 Å². The minimum atomic E-state index is 0.280. The van der Waals surface area contributed by atoms with Gasteiger partial charge in [-0.2, -0.15) is 0 Å². The lowest BCUT2D eigenvalue weighted by Crippen LogP contribution is -2.42. The van der Waals surface area contributed by atoms with E-state index in [1.165, 1.54) is 39.0 Å². The number of hydrogen-bond acceptors (Lipinski definition) is 2. The first-order chi connectivity index (χ1) is 6.51. The van der Waals surface area contributed by atoms with E-state index in [2.05, 4.69) is 37.9 Å². The Morgan fingerprint density at radius 1 is 1.21 bits per heavy atom. The fourth-order valence-corrected chi connectivity index (χ4v) is 1.96. The average Bonchev–Trinajstić information content (AvgIpc) is 2.14. The maximum atomic E-state index is 3.61. The van der Waals surface area contributed by atoms with Crippen molar-refractivity contribution in [2.45, 2.75) is 46.1 Å². The summed E-state index contributed by atoms with van der Waals surface area (Å²) in [4.78, 5) is 2.55. The highest BCUT2D eigenvalue weighted by Crippen LogP contribution is 2.16. The van der Waals surface area contributed by atoms with Crippen LogP contribution in [0.15, 0.2) is 0 Å². The van der Waals surface area contributed by atoms with E-state index in [0.29, 0.717) is 0 Å². The molecule has 0 saturated carbocycles. The molecule has 1 heterocycles. The van der Waals surface area contributed by atoms with Crippen molar-refractivity contribution >= 4 is 0 Å². The molecule has 2 nitrogen and oxygen atoms in total. The first kappa shape index (κ1) is 12.0. The standard InChI is InChI=1S/C12H26N2/c1-5-14-8-6-11(7-9-14)10-13-12(2,3)4/h11,13H,5-10H2,1-4H3. The number of hydrogen-bond donors (Lipinski definition) is 1. The predicted molar refractivity (Wildman–Crippen MR) is 62.6 cm³/mol. The molecule has 0 aromatic heterocycles. The van der Waals surface area contributed by atoms with Crippen LogP contribution in [0.1, 0.15) is 40.5 Å². The summed E-state index contributed by atoms with van der Waals surface area (Å²) in [7, 11) is 0. The van der Waals surface area contributed by atoms with Crippen LogP contribution in [0.3, 0.4) is 0 Å². The molecule has 0 aliphatic carbocycles. The molecule has 0 amide bonds. The molecular formula is C12H26N2. The van der Waals surface area contributed by atoms with Gasteiger partial charge in [0.05, 0.1) is 0 Å². The normalized spacial score (nSPS) is 21.4. The second-order valence-electron chi connectivity index (χ2n) is 5.51. The second kappa shape index (κ2) is 5.13. The van der Waals surface area contributed by atoms with E-state index >= 15 is 0 Å². The van der Waals surface area contributed by atoms with Crippen LogP contribution in [0.5, 0.6) is 0 Å². The van der Waals surface area contributed by atoms with Gasteiger partial charge in [-0.1, -0.05) is 6.92 Å². The van der Waals surface area contributed by atoms with Gasteiger partial charge in [0.15, 0.2) is 0 Å². The quantitative estimate of drug-likeness (QED) is 0.747. The van der Waals surface area contributed by atoms with Crippen molar-refractivity contribution in [3.63, 3.8) is 0 Å². The molecule has 84 valence electrons.